The van der Waals surface area contributed by atoms with Crippen molar-refractivity contribution in [1.82, 2.24) is 0 Å². The fraction of sp³-hybridized carbons (Fsp3) is 0.533. The number of methoxy groups -OCH3 is 1. The minimum absolute atomic E-state index is 0.181. The van der Waals surface area contributed by atoms with Gasteiger partial charge in [-0.2, -0.15) is 0 Å². The van der Waals surface area contributed by atoms with E-state index in [1.54, 1.807) is 7.11 Å². The number of hydrogen-bond donors (Lipinski definition) is 2. The van der Waals surface area contributed by atoms with Gasteiger partial charge >= 0.3 is 0 Å². The van der Waals surface area contributed by atoms with Gasteiger partial charge in [0.2, 0.25) is 0 Å². The van der Waals surface area contributed by atoms with Crippen molar-refractivity contribution in [3.63, 3.8) is 0 Å². The van der Waals surface area contributed by atoms with Crippen molar-refractivity contribution in [1.29, 1.82) is 0 Å². The van der Waals surface area contributed by atoms with E-state index in [9.17, 15) is 4.79 Å². The Kier molecular flexibility index (Phi) is 6.48. The molecule has 1 fully saturated rings. The number of amides is 1. The summed E-state index contributed by atoms with van der Waals surface area (Å²) in [5.74, 6) is 0.545. The molecule has 122 valence electrons. The van der Waals surface area contributed by atoms with E-state index in [2.05, 4.69) is 21.2 Å². The average Bonchev–Trinajstić information content (AvgIpc) is 2.98. The van der Waals surface area contributed by atoms with Gasteiger partial charge in [0.1, 0.15) is 19.2 Å². The van der Waals surface area contributed by atoms with Crippen molar-refractivity contribution < 1.29 is 24.3 Å². The maximum atomic E-state index is 10.8. The topological polar surface area (TPSA) is 87.4 Å². The normalized spacial score (nSPS) is 17.5. The molecule has 0 saturated carbocycles. The molecular formula is C15H22BrN2O4+. The molecule has 1 aromatic rings. The third-order valence-electron chi connectivity index (χ3n) is 3.48. The molecule has 1 heterocycles. The first-order valence-corrected chi connectivity index (χ1v) is 8.10. The van der Waals surface area contributed by atoms with E-state index in [0.29, 0.717) is 17.6 Å². The number of rotatable bonds is 8. The summed E-state index contributed by atoms with van der Waals surface area (Å²) in [6.07, 6.45) is 2.66. The lowest BCUT2D eigenvalue weighted by atomic mass is 10.2. The summed E-state index contributed by atoms with van der Waals surface area (Å²) >= 11 is 3.45. The molecule has 2 rings (SSSR count). The Morgan fingerprint density at radius 3 is 3.00 bits per heavy atom. The molecule has 1 aliphatic rings. The SMILES string of the molecule is COc1cc(C[NH2+]C[C@H]2CCCO2)cc(Br)c1OCC(N)=O. The smallest absolute Gasteiger partial charge is 0.255 e. The Balaban J connectivity index is 1.96. The molecule has 4 N–H and O–H groups in total. The van der Waals surface area contributed by atoms with E-state index in [1.165, 1.54) is 0 Å². The molecule has 1 saturated heterocycles. The van der Waals surface area contributed by atoms with Gasteiger partial charge in [0.05, 0.1) is 11.6 Å². The second kappa shape index (κ2) is 8.36. The highest BCUT2D eigenvalue weighted by Crippen LogP contribution is 2.36. The van der Waals surface area contributed by atoms with Crippen LogP contribution in [-0.2, 0) is 16.1 Å². The molecule has 1 atom stereocenters. The third-order valence-corrected chi connectivity index (χ3v) is 4.07. The Morgan fingerprint density at radius 1 is 1.55 bits per heavy atom. The number of nitrogens with two attached hydrogens (primary N) is 2. The Bertz CT molecular complexity index is 519. The highest BCUT2D eigenvalue weighted by Gasteiger charge is 2.18. The van der Waals surface area contributed by atoms with Gasteiger partial charge in [-0.3, -0.25) is 4.79 Å². The van der Waals surface area contributed by atoms with Crippen LogP contribution in [0.3, 0.4) is 0 Å². The molecule has 1 amide bonds. The first-order valence-electron chi connectivity index (χ1n) is 7.31. The van der Waals surface area contributed by atoms with Crippen LogP contribution in [0.2, 0.25) is 0 Å². The van der Waals surface area contributed by atoms with Crippen LogP contribution in [0.1, 0.15) is 18.4 Å². The molecule has 0 bridgehead atoms. The first-order chi connectivity index (χ1) is 10.6. The highest BCUT2D eigenvalue weighted by molar-refractivity contribution is 9.10. The Hall–Kier alpha value is -1.31. The lowest BCUT2D eigenvalue weighted by Gasteiger charge is -2.13. The van der Waals surface area contributed by atoms with Gasteiger partial charge in [-0.1, -0.05) is 0 Å². The molecule has 7 heteroatoms. The van der Waals surface area contributed by atoms with Crippen LogP contribution in [0.25, 0.3) is 0 Å². The predicted molar refractivity (Wildman–Crippen MR) is 84.9 cm³/mol. The number of halogens is 1. The Morgan fingerprint density at radius 2 is 2.36 bits per heavy atom. The van der Waals surface area contributed by atoms with E-state index >= 15 is 0 Å². The minimum Gasteiger partial charge on any atom is -0.493 e. The number of quaternary nitrogens is 1. The second-order valence-electron chi connectivity index (χ2n) is 5.23. The standard InChI is InChI=1S/C15H21BrN2O4/c1-20-13-6-10(7-18-8-11-3-2-4-21-11)5-12(16)15(13)22-9-14(17)19/h5-6,11,18H,2-4,7-9H2,1H3,(H2,17,19)/p+1/t11-/m1/s1. The van der Waals surface area contributed by atoms with E-state index in [1.807, 2.05) is 12.1 Å². The zero-order valence-electron chi connectivity index (χ0n) is 12.6. The maximum Gasteiger partial charge on any atom is 0.255 e. The monoisotopic (exact) mass is 373 g/mol. The third kappa shape index (κ3) is 4.86. The van der Waals surface area contributed by atoms with Crippen LogP contribution < -0.4 is 20.5 Å². The average molecular weight is 374 g/mol. The zero-order chi connectivity index (χ0) is 15.9. The predicted octanol–water partition coefficient (Wildman–Crippen LogP) is 0.564. The molecule has 1 aromatic carbocycles. The molecule has 0 unspecified atom stereocenters. The second-order valence-corrected chi connectivity index (χ2v) is 6.08. The number of carbonyl (C=O) groups is 1. The van der Waals surface area contributed by atoms with Crippen molar-refractivity contribution in [2.75, 3.05) is 26.9 Å². The van der Waals surface area contributed by atoms with Crippen LogP contribution in [-0.4, -0.2) is 38.9 Å². The Labute approximate surface area is 138 Å². The van der Waals surface area contributed by atoms with Gasteiger partial charge in [-0.05, 0) is 40.9 Å². The molecule has 0 spiro atoms. The molecule has 0 aliphatic carbocycles. The fourth-order valence-electron chi connectivity index (χ4n) is 2.44. The van der Waals surface area contributed by atoms with Gasteiger partial charge in [-0.15, -0.1) is 0 Å². The largest absolute Gasteiger partial charge is 0.493 e. The van der Waals surface area contributed by atoms with Gasteiger partial charge in [0.25, 0.3) is 5.91 Å². The quantitative estimate of drug-likeness (QED) is 0.696. The summed E-state index contributed by atoms with van der Waals surface area (Å²) in [4.78, 5) is 10.8. The minimum atomic E-state index is -0.525. The lowest BCUT2D eigenvalue weighted by molar-refractivity contribution is -0.676. The van der Waals surface area contributed by atoms with Crippen LogP contribution in [0.5, 0.6) is 11.5 Å². The lowest BCUT2D eigenvalue weighted by Crippen LogP contribution is -2.84. The highest BCUT2D eigenvalue weighted by atomic mass is 79.9. The summed E-state index contributed by atoms with van der Waals surface area (Å²) in [5.41, 5.74) is 6.21. The zero-order valence-corrected chi connectivity index (χ0v) is 14.2. The fourth-order valence-corrected chi connectivity index (χ4v) is 3.04. The molecular weight excluding hydrogens is 352 g/mol. The van der Waals surface area contributed by atoms with E-state index in [0.717, 1.165) is 42.6 Å². The van der Waals surface area contributed by atoms with Crippen molar-refractivity contribution in [3.05, 3.63) is 22.2 Å². The summed E-state index contributed by atoms with van der Waals surface area (Å²) in [6.45, 7) is 2.48. The van der Waals surface area contributed by atoms with Gasteiger partial charge in [0, 0.05) is 12.2 Å². The van der Waals surface area contributed by atoms with Crippen molar-refractivity contribution >= 4 is 21.8 Å². The molecule has 0 radical (unpaired) electrons. The van der Waals surface area contributed by atoms with E-state index < -0.39 is 5.91 Å². The van der Waals surface area contributed by atoms with Gasteiger partial charge < -0.3 is 25.3 Å². The first kappa shape index (κ1) is 17.1. The number of primary amides is 1. The van der Waals surface area contributed by atoms with Crippen LogP contribution in [0.4, 0.5) is 0 Å². The van der Waals surface area contributed by atoms with E-state index in [-0.39, 0.29) is 6.61 Å². The molecule has 0 aromatic heterocycles. The number of carbonyl (C=O) groups excluding carboxylic acids is 1. The summed E-state index contributed by atoms with van der Waals surface area (Å²) in [5, 5.41) is 2.22. The van der Waals surface area contributed by atoms with E-state index in [4.69, 9.17) is 19.9 Å². The van der Waals surface area contributed by atoms with Crippen molar-refractivity contribution in [2.45, 2.75) is 25.5 Å². The van der Waals surface area contributed by atoms with Crippen LogP contribution in [0, 0.1) is 0 Å². The van der Waals surface area contributed by atoms with Gasteiger partial charge in [-0.25, -0.2) is 0 Å². The molecule has 6 nitrogen and oxygen atoms in total. The molecule has 1 aliphatic heterocycles. The summed E-state index contributed by atoms with van der Waals surface area (Å²) < 4.78 is 17.1. The number of ether oxygens (including phenoxy) is 3. The van der Waals surface area contributed by atoms with Gasteiger partial charge in [0.15, 0.2) is 18.1 Å². The number of benzene rings is 1. The van der Waals surface area contributed by atoms with Crippen LogP contribution in [0.15, 0.2) is 16.6 Å². The summed E-state index contributed by atoms with van der Waals surface area (Å²) in [6, 6.07) is 3.87. The van der Waals surface area contributed by atoms with Crippen molar-refractivity contribution in [3.8, 4) is 11.5 Å². The number of hydrogen-bond acceptors (Lipinski definition) is 4. The van der Waals surface area contributed by atoms with Crippen LogP contribution >= 0.6 is 15.9 Å². The maximum absolute atomic E-state index is 10.8. The molecule has 22 heavy (non-hydrogen) atoms. The van der Waals surface area contributed by atoms with Crippen molar-refractivity contribution in [2.24, 2.45) is 5.73 Å². The summed E-state index contributed by atoms with van der Waals surface area (Å²) in [7, 11) is 1.57.